The highest BCUT2D eigenvalue weighted by Gasteiger charge is 2.55. The topological polar surface area (TPSA) is 69.8 Å². The van der Waals surface area contributed by atoms with Gasteiger partial charge < -0.3 is 14.5 Å². The van der Waals surface area contributed by atoms with Crippen LogP contribution in [0.15, 0.2) is 34.9 Å². The summed E-state index contributed by atoms with van der Waals surface area (Å²) in [6.07, 6.45) is 2.29. The molecule has 1 N–H and O–H groups in total. The monoisotopic (exact) mass is 381 g/mol. The van der Waals surface area contributed by atoms with Gasteiger partial charge in [-0.25, -0.2) is 0 Å². The average molecular weight is 381 g/mol. The summed E-state index contributed by atoms with van der Waals surface area (Å²) in [6.45, 7) is 6.93. The Balaban J connectivity index is 1.50. The van der Waals surface area contributed by atoms with Gasteiger partial charge in [-0.1, -0.05) is 31.1 Å². The normalized spacial score (nSPS) is 31.4. The molecular weight excluding hydrogens is 354 g/mol. The molecule has 0 radical (unpaired) electrons. The van der Waals surface area contributed by atoms with E-state index in [1.165, 1.54) is 0 Å². The molecule has 0 aliphatic carbocycles. The van der Waals surface area contributed by atoms with Crippen molar-refractivity contribution >= 4 is 5.91 Å². The van der Waals surface area contributed by atoms with Gasteiger partial charge in [0.15, 0.2) is 5.69 Å². The molecule has 2 bridgehead atoms. The van der Waals surface area contributed by atoms with Crippen molar-refractivity contribution in [3.8, 4) is 5.75 Å². The number of rotatable bonds is 3. The third-order valence-electron chi connectivity index (χ3n) is 6.87. The van der Waals surface area contributed by atoms with Crippen LogP contribution >= 0.6 is 0 Å². The fourth-order valence-corrected chi connectivity index (χ4v) is 5.51. The van der Waals surface area contributed by atoms with Crippen molar-refractivity contribution in [2.24, 2.45) is 5.92 Å². The molecule has 4 aliphatic heterocycles. The van der Waals surface area contributed by atoms with Gasteiger partial charge in [0, 0.05) is 30.5 Å². The summed E-state index contributed by atoms with van der Waals surface area (Å²) in [5.41, 5.74) is 1.52. The van der Waals surface area contributed by atoms with Crippen LogP contribution in [0, 0.1) is 5.92 Å². The largest absolute Gasteiger partial charge is 0.508 e. The van der Waals surface area contributed by atoms with Crippen LogP contribution in [0.5, 0.6) is 5.75 Å². The van der Waals surface area contributed by atoms with E-state index in [2.05, 4.69) is 16.1 Å². The number of phenols is 1. The average Bonchev–Trinajstić information content (AvgIpc) is 3.35. The van der Waals surface area contributed by atoms with Crippen LogP contribution in [0.1, 0.15) is 60.3 Å². The second-order valence-electron chi connectivity index (χ2n) is 8.78. The summed E-state index contributed by atoms with van der Waals surface area (Å²) in [5, 5.41) is 14.1. The van der Waals surface area contributed by atoms with Gasteiger partial charge in [-0.3, -0.25) is 9.69 Å². The van der Waals surface area contributed by atoms with E-state index in [4.69, 9.17) is 4.52 Å². The molecule has 1 aromatic heterocycles. The SMILES string of the molecule is CC(C)c1cc(C(=O)N2C[C@H](c3cccc(O)c3)[C@H]3[C@@H]2C2CCN3CC2)no1. The zero-order valence-corrected chi connectivity index (χ0v) is 16.4. The third kappa shape index (κ3) is 2.73. The first kappa shape index (κ1) is 17.7. The van der Waals surface area contributed by atoms with E-state index in [1.807, 2.05) is 30.9 Å². The van der Waals surface area contributed by atoms with Gasteiger partial charge in [0.25, 0.3) is 5.91 Å². The number of fused-ring (bicyclic) bond motifs is 2. The standard InChI is InChI=1S/C22H27N3O3/c1-13(2)19-11-18(23-28-19)22(27)25-12-17(15-4-3-5-16(26)10-15)21-20(25)14-6-8-24(21)9-7-14/h3-5,10-11,13-14,17,20-21,26H,6-9,12H2,1-2H3/t17-,20+,21+/m1/s1. The summed E-state index contributed by atoms with van der Waals surface area (Å²) in [6, 6.07) is 9.85. The number of hydrogen-bond donors (Lipinski definition) is 1. The van der Waals surface area contributed by atoms with Gasteiger partial charge in [-0.05, 0) is 49.5 Å². The molecule has 0 saturated carbocycles. The lowest BCUT2D eigenvalue weighted by molar-refractivity contribution is -0.00370. The van der Waals surface area contributed by atoms with E-state index in [9.17, 15) is 9.90 Å². The van der Waals surface area contributed by atoms with Gasteiger partial charge in [0.05, 0.1) is 6.04 Å². The predicted octanol–water partition coefficient (Wildman–Crippen LogP) is 3.21. The first-order valence-electron chi connectivity index (χ1n) is 10.3. The second kappa shape index (κ2) is 6.62. The smallest absolute Gasteiger partial charge is 0.276 e. The lowest BCUT2D eigenvalue weighted by atomic mass is 9.75. The quantitative estimate of drug-likeness (QED) is 0.884. The maximum atomic E-state index is 13.4. The highest BCUT2D eigenvalue weighted by Crippen LogP contribution is 2.47. The van der Waals surface area contributed by atoms with Gasteiger partial charge >= 0.3 is 0 Å². The van der Waals surface area contributed by atoms with Crippen LogP contribution in [0.4, 0.5) is 0 Å². The first-order chi connectivity index (χ1) is 13.5. The molecule has 6 nitrogen and oxygen atoms in total. The molecule has 6 rings (SSSR count). The van der Waals surface area contributed by atoms with Crippen molar-refractivity contribution in [3.05, 3.63) is 47.3 Å². The van der Waals surface area contributed by atoms with E-state index in [-0.39, 0.29) is 29.5 Å². The zero-order valence-electron chi connectivity index (χ0n) is 16.4. The number of aromatic hydroxyl groups is 1. The number of amides is 1. The molecule has 2 aromatic rings. The summed E-state index contributed by atoms with van der Waals surface area (Å²) in [5.74, 6) is 1.96. The zero-order chi connectivity index (χ0) is 19.4. The van der Waals surface area contributed by atoms with Crippen molar-refractivity contribution < 1.29 is 14.4 Å². The molecule has 0 spiro atoms. The molecule has 4 aliphatic rings. The summed E-state index contributed by atoms with van der Waals surface area (Å²) < 4.78 is 5.39. The van der Waals surface area contributed by atoms with E-state index in [0.29, 0.717) is 24.2 Å². The number of likely N-dealkylation sites (tertiary alicyclic amines) is 1. The van der Waals surface area contributed by atoms with Gasteiger partial charge in [0.1, 0.15) is 11.5 Å². The van der Waals surface area contributed by atoms with E-state index < -0.39 is 0 Å². The fourth-order valence-electron chi connectivity index (χ4n) is 5.51. The van der Waals surface area contributed by atoms with Crippen molar-refractivity contribution in [1.29, 1.82) is 0 Å². The molecule has 28 heavy (non-hydrogen) atoms. The van der Waals surface area contributed by atoms with Crippen LogP contribution in [-0.2, 0) is 0 Å². The summed E-state index contributed by atoms with van der Waals surface area (Å²) >= 11 is 0. The van der Waals surface area contributed by atoms with Crippen LogP contribution in [-0.4, -0.2) is 57.7 Å². The second-order valence-corrected chi connectivity index (χ2v) is 8.78. The molecule has 6 heteroatoms. The Morgan fingerprint density at radius 2 is 2.00 bits per heavy atom. The molecule has 3 atom stereocenters. The number of carbonyl (C=O) groups is 1. The Hall–Kier alpha value is -2.34. The number of benzene rings is 1. The van der Waals surface area contributed by atoms with Gasteiger partial charge in [-0.15, -0.1) is 0 Å². The Morgan fingerprint density at radius 1 is 1.21 bits per heavy atom. The molecule has 5 heterocycles. The van der Waals surface area contributed by atoms with Crippen molar-refractivity contribution in [1.82, 2.24) is 15.0 Å². The highest BCUT2D eigenvalue weighted by molar-refractivity contribution is 5.93. The minimum absolute atomic E-state index is 0.0259. The molecule has 4 fully saturated rings. The molecular formula is C22H27N3O3. The summed E-state index contributed by atoms with van der Waals surface area (Å²) in [4.78, 5) is 18.0. The number of phenolic OH excluding ortho intramolecular Hbond substituents is 1. The molecule has 0 unspecified atom stereocenters. The third-order valence-corrected chi connectivity index (χ3v) is 6.87. The minimum atomic E-state index is -0.0259. The molecule has 1 aromatic carbocycles. The first-order valence-corrected chi connectivity index (χ1v) is 10.3. The highest BCUT2D eigenvalue weighted by atomic mass is 16.5. The number of aromatic nitrogens is 1. The Labute approximate surface area is 165 Å². The Morgan fingerprint density at radius 3 is 2.68 bits per heavy atom. The maximum Gasteiger partial charge on any atom is 0.276 e. The molecule has 1 amide bonds. The van der Waals surface area contributed by atoms with E-state index >= 15 is 0 Å². The maximum absolute atomic E-state index is 13.4. The van der Waals surface area contributed by atoms with Crippen LogP contribution in [0.25, 0.3) is 0 Å². The van der Waals surface area contributed by atoms with Crippen molar-refractivity contribution in [2.75, 3.05) is 19.6 Å². The Kier molecular flexibility index (Phi) is 4.19. The minimum Gasteiger partial charge on any atom is -0.508 e. The van der Waals surface area contributed by atoms with Gasteiger partial charge in [0.2, 0.25) is 0 Å². The van der Waals surface area contributed by atoms with Crippen molar-refractivity contribution in [3.63, 3.8) is 0 Å². The van der Waals surface area contributed by atoms with Crippen LogP contribution < -0.4 is 0 Å². The Bertz CT molecular complexity index is 885. The molecule has 4 saturated heterocycles. The lowest BCUT2D eigenvalue weighted by Crippen LogP contribution is -2.60. The molecule has 148 valence electrons. The van der Waals surface area contributed by atoms with Crippen molar-refractivity contribution in [2.45, 2.75) is 50.6 Å². The van der Waals surface area contributed by atoms with Crippen LogP contribution in [0.3, 0.4) is 0 Å². The van der Waals surface area contributed by atoms with E-state index in [0.717, 1.165) is 37.3 Å². The number of nitrogens with zero attached hydrogens (tertiary/aromatic N) is 3. The fraction of sp³-hybridized carbons (Fsp3) is 0.545. The lowest BCUT2D eigenvalue weighted by Gasteiger charge is -2.51. The number of piperidine rings is 3. The summed E-state index contributed by atoms with van der Waals surface area (Å²) in [7, 11) is 0. The van der Waals surface area contributed by atoms with Gasteiger partial charge in [-0.2, -0.15) is 0 Å². The number of carbonyl (C=O) groups excluding carboxylic acids is 1. The van der Waals surface area contributed by atoms with E-state index in [1.54, 1.807) is 12.1 Å². The van der Waals surface area contributed by atoms with Crippen LogP contribution in [0.2, 0.25) is 0 Å². The number of hydrogen-bond acceptors (Lipinski definition) is 5. The predicted molar refractivity (Wildman–Crippen MR) is 104 cm³/mol.